The molecule has 4 aliphatic heterocycles. The van der Waals surface area contributed by atoms with E-state index in [1.54, 1.807) is 25.7 Å². The van der Waals surface area contributed by atoms with E-state index in [1.807, 2.05) is 0 Å². The highest BCUT2D eigenvalue weighted by atomic mass is 35.5. The standard InChI is InChI=1S/C28H33ClF4N6O3/c1-26(2,3)42-25(40)39-17-5-7-27(39,10-19(31)32)14-37(13-17)23-18-11-34-22(29)20(33)21(18)35-24(36-23)41-15-28-6-4-8-38(28)12-16(30)9-28/h10-11,16-17H,4-9,12-15H2,1-3H3/t16-,17?,27?,28+/m1/s1. The van der Waals surface area contributed by atoms with Gasteiger partial charge in [0.25, 0.3) is 6.08 Å². The Hall–Kier alpha value is -2.93. The molecule has 4 atom stereocenters. The molecule has 228 valence electrons. The van der Waals surface area contributed by atoms with E-state index in [0.717, 1.165) is 25.5 Å². The predicted octanol–water partition coefficient (Wildman–Crippen LogP) is 5.51. The summed E-state index contributed by atoms with van der Waals surface area (Å²) in [7, 11) is 0. The number of piperazine rings is 1. The van der Waals surface area contributed by atoms with E-state index < -0.39 is 46.9 Å². The van der Waals surface area contributed by atoms with Gasteiger partial charge in [0.05, 0.1) is 22.5 Å². The average molecular weight is 613 g/mol. The molecule has 4 aliphatic rings. The largest absolute Gasteiger partial charge is 0.461 e. The summed E-state index contributed by atoms with van der Waals surface area (Å²) in [4.78, 5) is 31.3. The van der Waals surface area contributed by atoms with Crippen molar-refractivity contribution in [3.8, 4) is 6.01 Å². The maximum Gasteiger partial charge on any atom is 0.411 e. The van der Waals surface area contributed by atoms with E-state index in [9.17, 15) is 18.0 Å². The molecule has 9 nitrogen and oxygen atoms in total. The summed E-state index contributed by atoms with van der Waals surface area (Å²) < 4.78 is 69.0. The first-order chi connectivity index (χ1) is 19.8. The van der Waals surface area contributed by atoms with Gasteiger partial charge in [0.1, 0.15) is 29.7 Å². The molecule has 14 heteroatoms. The normalized spacial score (nSPS) is 29.2. The highest BCUT2D eigenvalue weighted by Gasteiger charge is 2.55. The Morgan fingerprint density at radius 2 is 2.02 bits per heavy atom. The summed E-state index contributed by atoms with van der Waals surface area (Å²) in [5, 5.41) is -0.164. The molecule has 1 amide bonds. The maximum atomic E-state index is 15.3. The van der Waals surface area contributed by atoms with E-state index >= 15 is 4.39 Å². The molecule has 2 unspecified atom stereocenters. The summed E-state index contributed by atoms with van der Waals surface area (Å²) in [6, 6.07) is -0.611. The van der Waals surface area contributed by atoms with Crippen LogP contribution in [0.3, 0.4) is 0 Å². The average Bonchev–Trinajstić information content (AvgIpc) is 3.49. The minimum Gasteiger partial charge on any atom is -0.461 e. The van der Waals surface area contributed by atoms with Crippen molar-refractivity contribution >= 4 is 34.4 Å². The van der Waals surface area contributed by atoms with Crippen molar-refractivity contribution in [1.29, 1.82) is 0 Å². The van der Waals surface area contributed by atoms with Gasteiger partial charge in [-0.25, -0.2) is 18.6 Å². The highest BCUT2D eigenvalue weighted by Crippen LogP contribution is 2.45. The van der Waals surface area contributed by atoms with Crippen molar-refractivity contribution in [2.45, 2.75) is 81.8 Å². The van der Waals surface area contributed by atoms with Gasteiger partial charge in [0, 0.05) is 38.3 Å². The molecule has 0 radical (unpaired) electrons. The van der Waals surface area contributed by atoms with Gasteiger partial charge in [0.15, 0.2) is 11.0 Å². The number of fused-ring (bicyclic) bond motifs is 4. The topological polar surface area (TPSA) is 83.9 Å². The van der Waals surface area contributed by atoms with Crippen LogP contribution in [0.1, 0.15) is 52.9 Å². The van der Waals surface area contributed by atoms with Crippen LogP contribution < -0.4 is 9.64 Å². The van der Waals surface area contributed by atoms with E-state index in [4.69, 9.17) is 21.1 Å². The summed E-state index contributed by atoms with van der Waals surface area (Å²) in [6.45, 7) is 6.54. The van der Waals surface area contributed by atoms with Crippen LogP contribution in [0.25, 0.3) is 10.9 Å². The van der Waals surface area contributed by atoms with Gasteiger partial charge < -0.3 is 14.4 Å². The number of carbonyl (C=O) groups excluding carboxylic acids is 1. The number of ether oxygens (including phenoxy) is 2. The van der Waals surface area contributed by atoms with E-state index in [0.29, 0.717) is 19.4 Å². The van der Waals surface area contributed by atoms with Gasteiger partial charge in [-0.15, -0.1) is 0 Å². The number of amides is 1. The summed E-state index contributed by atoms with van der Waals surface area (Å²) in [6.07, 6.45) is 1.30. The number of aromatic nitrogens is 3. The molecule has 42 heavy (non-hydrogen) atoms. The van der Waals surface area contributed by atoms with E-state index in [-0.39, 0.29) is 54.0 Å². The van der Waals surface area contributed by atoms with Gasteiger partial charge in [-0.2, -0.15) is 18.7 Å². The fourth-order valence-corrected chi connectivity index (χ4v) is 7.29. The summed E-state index contributed by atoms with van der Waals surface area (Å²) in [5.41, 5.74) is -2.82. The second-order valence-corrected chi connectivity index (χ2v) is 13.1. The zero-order valence-corrected chi connectivity index (χ0v) is 24.4. The lowest BCUT2D eigenvalue weighted by molar-refractivity contribution is 0.00167. The number of alkyl halides is 1. The number of hydrogen-bond donors (Lipinski definition) is 0. The fraction of sp³-hybridized carbons (Fsp3) is 0.643. The Kier molecular flexibility index (Phi) is 7.19. The van der Waals surface area contributed by atoms with Gasteiger partial charge in [-0.1, -0.05) is 11.6 Å². The quantitative estimate of drug-likeness (QED) is 0.323. The third-order valence-corrected chi connectivity index (χ3v) is 9.01. The fourth-order valence-electron chi connectivity index (χ4n) is 7.15. The summed E-state index contributed by atoms with van der Waals surface area (Å²) in [5.74, 6) is -0.644. The van der Waals surface area contributed by atoms with Crippen LogP contribution >= 0.6 is 11.6 Å². The van der Waals surface area contributed by atoms with E-state index in [2.05, 4.69) is 19.9 Å². The first kappa shape index (κ1) is 29.2. The van der Waals surface area contributed by atoms with Crippen molar-refractivity contribution in [3.05, 3.63) is 29.3 Å². The second-order valence-electron chi connectivity index (χ2n) is 12.8. The highest BCUT2D eigenvalue weighted by molar-refractivity contribution is 6.30. The monoisotopic (exact) mass is 612 g/mol. The second kappa shape index (κ2) is 10.4. The number of carbonyl (C=O) groups is 1. The van der Waals surface area contributed by atoms with Gasteiger partial charge in [-0.3, -0.25) is 9.80 Å². The van der Waals surface area contributed by atoms with Crippen LogP contribution in [0.5, 0.6) is 6.01 Å². The molecule has 6 heterocycles. The van der Waals surface area contributed by atoms with Crippen molar-refractivity contribution in [3.63, 3.8) is 0 Å². The zero-order valence-electron chi connectivity index (χ0n) is 23.7. The molecule has 0 N–H and O–H groups in total. The Balaban J connectivity index is 1.37. The lowest BCUT2D eigenvalue weighted by Gasteiger charge is -2.47. The number of hydrogen-bond acceptors (Lipinski definition) is 8. The van der Waals surface area contributed by atoms with Gasteiger partial charge in [-0.05, 0) is 53.0 Å². The van der Waals surface area contributed by atoms with Gasteiger partial charge >= 0.3 is 12.1 Å². The molecule has 4 fully saturated rings. The molecule has 0 saturated carbocycles. The summed E-state index contributed by atoms with van der Waals surface area (Å²) >= 11 is 5.99. The van der Waals surface area contributed by atoms with Crippen LogP contribution in [0, 0.1) is 5.82 Å². The van der Waals surface area contributed by atoms with E-state index in [1.165, 1.54) is 11.1 Å². The van der Waals surface area contributed by atoms with Crippen LogP contribution in [0.2, 0.25) is 5.15 Å². The molecule has 0 aliphatic carbocycles. The number of pyridine rings is 1. The number of halogens is 5. The van der Waals surface area contributed by atoms with Crippen molar-refractivity contribution < 1.29 is 31.8 Å². The van der Waals surface area contributed by atoms with Crippen LogP contribution in [-0.2, 0) is 4.74 Å². The lowest BCUT2D eigenvalue weighted by atomic mass is 9.94. The molecule has 2 aromatic rings. The first-order valence-electron chi connectivity index (χ1n) is 14.1. The van der Waals surface area contributed by atoms with Crippen LogP contribution in [-0.4, -0.2) is 92.5 Å². The molecular weight excluding hydrogens is 580 g/mol. The zero-order chi connectivity index (χ0) is 30.0. The molecular formula is C28H33ClF4N6O3. The minimum absolute atomic E-state index is 0.0584. The van der Waals surface area contributed by atoms with Crippen molar-refractivity contribution in [1.82, 2.24) is 24.8 Å². The predicted molar refractivity (Wildman–Crippen MR) is 147 cm³/mol. The Morgan fingerprint density at radius 1 is 1.24 bits per heavy atom. The van der Waals surface area contributed by atoms with Crippen LogP contribution in [0.15, 0.2) is 18.4 Å². The van der Waals surface area contributed by atoms with Crippen molar-refractivity contribution in [2.75, 3.05) is 37.7 Å². The van der Waals surface area contributed by atoms with Crippen LogP contribution in [0.4, 0.5) is 28.2 Å². The number of rotatable bonds is 5. The number of nitrogens with zero attached hydrogens (tertiary/aromatic N) is 6. The first-order valence-corrected chi connectivity index (χ1v) is 14.5. The molecule has 4 saturated heterocycles. The molecule has 0 spiro atoms. The Morgan fingerprint density at radius 3 is 2.76 bits per heavy atom. The lowest BCUT2D eigenvalue weighted by Crippen LogP contribution is -2.63. The minimum atomic E-state index is -1.93. The van der Waals surface area contributed by atoms with Crippen molar-refractivity contribution in [2.24, 2.45) is 0 Å². The smallest absolute Gasteiger partial charge is 0.411 e. The third kappa shape index (κ3) is 5.12. The maximum absolute atomic E-state index is 15.3. The third-order valence-electron chi connectivity index (χ3n) is 8.75. The van der Waals surface area contributed by atoms with Gasteiger partial charge in [0.2, 0.25) is 0 Å². The molecule has 0 aromatic carbocycles. The number of anilines is 1. The Labute approximate surface area is 245 Å². The molecule has 2 bridgehead atoms. The molecule has 6 rings (SSSR count). The Bertz CT molecular complexity index is 1440. The SMILES string of the molecule is CC(C)(C)OC(=O)N1C2CCC1(C=C(F)F)CN(c1nc(OC[C@@]34CCCN3C[C@H](F)C4)nc3c(F)c(Cl)ncc13)C2. The molecule has 2 aromatic heterocycles.